The molecule has 7 heteroatoms. The zero-order chi connectivity index (χ0) is 12.7. The van der Waals surface area contributed by atoms with Gasteiger partial charge in [-0.15, -0.1) is 0 Å². The lowest BCUT2D eigenvalue weighted by Crippen LogP contribution is -2.27. The van der Waals surface area contributed by atoms with Crippen LogP contribution in [0.1, 0.15) is 0 Å². The van der Waals surface area contributed by atoms with E-state index in [0.717, 1.165) is 0 Å². The van der Waals surface area contributed by atoms with E-state index in [1.165, 1.54) is 12.6 Å². The van der Waals surface area contributed by atoms with E-state index in [1.807, 2.05) is 0 Å². The second-order valence-electron chi connectivity index (χ2n) is 2.96. The molecule has 0 aliphatic heterocycles. The van der Waals surface area contributed by atoms with Crippen molar-refractivity contribution in [2.75, 3.05) is 19.0 Å². The van der Waals surface area contributed by atoms with E-state index in [-0.39, 0.29) is 6.54 Å². The van der Waals surface area contributed by atoms with Crippen molar-refractivity contribution in [3.8, 4) is 5.75 Å². The minimum absolute atomic E-state index is 0.208. The van der Waals surface area contributed by atoms with Gasteiger partial charge in [0.1, 0.15) is 12.3 Å². The summed E-state index contributed by atoms with van der Waals surface area (Å²) in [5, 5.41) is 10.9. The lowest BCUT2D eigenvalue weighted by Gasteiger charge is -2.07. The second-order valence-corrected chi connectivity index (χ2v) is 2.96. The summed E-state index contributed by atoms with van der Waals surface area (Å²) in [4.78, 5) is 21.5. The Kier molecular flexibility index (Phi) is 4.77. The van der Waals surface area contributed by atoms with E-state index in [9.17, 15) is 9.59 Å². The molecule has 0 saturated heterocycles. The van der Waals surface area contributed by atoms with E-state index >= 15 is 0 Å². The molecule has 0 radical (unpaired) electrons. The standard InChI is InChI=1S/C10H12N2O5/c1-16-8-4-2-3-7(5-8)11-6-9(13)17-10(14)12-15/h2-5,11,15H,6H2,1H3,(H,12,14). The molecule has 0 atom stereocenters. The van der Waals surface area contributed by atoms with Crippen LogP contribution in [0.2, 0.25) is 0 Å². The molecule has 1 amide bonds. The number of methoxy groups -OCH3 is 1. The molecule has 0 aliphatic rings. The van der Waals surface area contributed by atoms with E-state index in [4.69, 9.17) is 9.94 Å². The van der Waals surface area contributed by atoms with Crippen LogP contribution in [0.4, 0.5) is 10.5 Å². The molecule has 17 heavy (non-hydrogen) atoms. The van der Waals surface area contributed by atoms with Crippen LogP contribution in [0.15, 0.2) is 24.3 Å². The molecule has 1 rings (SSSR count). The molecule has 0 unspecified atom stereocenters. The van der Waals surface area contributed by atoms with Crippen molar-refractivity contribution in [3.05, 3.63) is 24.3 Å². The summed E-state index contributed by atoms with van der Waals surface area (Å²) >= 11 is 0. The minimum atomic E-state index is -1.22. The van der Waals surface area contributed by atoms with Crippen LogP contribution in [-0.4, -0.2) is 30.9 Å². The first kappa shape index (κ1) is 12.8. The number of anilines is 1. The summed E-state index contributed by atoms with van der Waals surface area (Å²) in [6, 6.07) is 6.90. The predicted molar refractivity (Wildman–Crippen MR) is 57.9 cm³/mol. The van der Waals surface area contributed by atoms with Gasteiger partial charge < -0.3 is 14.8 Å². The normalized spacial score (nSPS) is 9.29. The summed E-state index contributed by atoms with van der Waals surface area (Å²) < 4.78 is 9.14. The number of hydrogen-bond acceptors (Lipinski definition) is 6. The Bertz CT molecular complexity index is 407. The third-order valence-electron chi connectivity index (χ3n) is 1.80. The van der Waals surface area contributed by atoms with Crippen molar-refractivity contribution >= 4 is 17.7 Å². The largest absolute Gasteiger partial charge is 0.497 e. The van der Waals surface area contributed by atoms with Crippen LogP contribution < -0.4 is 15.5 Å². The molecule has 3 N–H and O–H groups in total. The first-order valence-electron chi connectivity index (χ1n) is 4.68. The zero-order valence-corrected chi connectivity index (χ0v) is 9.10. The number of hydroxylamine groups is 1. The number of nitrogens with one attached hydrogen (secondary N) is 2. The van der Waals surface area contributed by atoms with Crippen molar-refractivity contribution in [3.63, 3.8) is 0 Å². The monoisotopic (exact) mass is 240 g/mol. The second kappa shape index (κ2) is 6.33. The molecule has 0 aliphatic carbocycles. The number of hydrogen-bond donors (Lipinski definition) is 3. The molecule has 0 heterocycles. The highest BCUT2D eigenvalue weighted by Gasteiger charge is 2.08. The Morgan fingerprint density at radius 2 is 2.18 bits per heavy atom. The molecule has 1 aromatic rings. The van der Waals surface area contributed by atoms with Crippen LogP contribution in [-0.2, 0) is 9.53 Å². The highest BCUT2D eigenvalue weighted by molar-refractivity contribution is 5.86. The van der Waals surface area contributed by atoms with Crippen LogP contribution in [0.25, 0.3) is 0 Å². The molecular formula is C10H12N2O5. The van der Waals surface area contributed by atoms with E-state index in [0.29, 0.717) is 11.4 Å². The lowest BCUT2D eigenvalue weighted by atomic mass is 10.3. The third-order valence-corrected chi connectivity index (χ3v) is 1.80. The van der Waals surface area contributed by atoms with Gasteiger partial charge in [-0.2, -0.15) is 0 Å². The highest BCUT2D eigenvalue weighted by Crippen LogP contribution is 2.16. The van der Waals surface area contributed by atoms with Crippen molar-refractivity contribution in [1.82, 2.24) is 5.48 Å². The van der Waals surface area contributed by atoms with Gasteiger partial charge in [0, 0.05) is 11.8 Å². The summed E-state index contributed by atoms with van der Waals surface area (Å²) in [6.45, 7) is -0.208. The van der Waals surface area contributed by atoms with Crippen molar-refractivity contribution in [2.24, 2.45) is 0 Å². The van der Waals surface area contributed by atoms with Gasteiger partial charge in [-0.3, -0.25) is 5.21 Å². The Morgan fingerprint density at radius 1 is 1.41 bits per heavy atom. The maximum Gasteiger partial charge on any atom is 0.438 e. The van der Waals surface area contributed by atoms with Crippen LogP contribution in [0.3, 0.4) is 0 Å². The smallest absolute Gasteiger partial charge is 0.438 e. The van der Waals surface area contributed by atoms with Crippen LogP contribution in [0.5, 0.6) is 5.75 Å². The first-order chi connectivity index (χ1) is 8.15. The SMILES string of the molecule is COc1cccc(NCC(=O)OC(=O)NO)c1. The lowest BCUT2D eigenvalue weighted by molar-refractivity contribution is -0.136. The van der Waals surface area contributed by atoms with Gasteiger partial charge >= 0.3 is 12.1 Å². The van der Waals surface area contributed by atoms with Gasteiger partial charge in [0.15, 0.2) is 0 Å². The Balaban J connectivity index is 2.44. The minimum Gasteiger partial charge on any atom is -0.497 e. The predicted octanol–water partition coefficient (Wildman–Crippen LogP) is 0.749. The van der Waals surface area contributed by atoms with E-state index < -0.39 is 12.1 Å². The Labute approximate surface area is 97.3 Å². The average molecular weight is 240 g/mol. The fraction of sp³-hybridized carbons (Fsp3) is 0.200. The average Bonchev–Trinajstić information content (AvgIpc) is 2.36. The molecule has 0 spiro atoms. The highest BCUT2D eigenvalue weighted by atomic mass is 16.6. The summed E-state index contributed by atoms with van der Waals surface area (Å²) in [7, 11) is 1.53. The van der Waals surface area contributed by atoms with Gasteiger partial charge in [-0.05, 0) is 12.1 Å². The number of benzene rings is 1. The van der Waals surface area contributed by atoms with E-state index in [2.05, 4.69) is 10.1 Å². The number of esters is 1. The quantitative estimate of drug-likeness (QED) is 0.311. The molecule has 0 saturated carbocycles. The molecule has 1 aromatic carbocycles. The zero-order valence-electron chi connectivity index (χ0n) is 9.10. The molecule has 0 bridgehead atoms. The molecule has 7 nitrogen and oxygen atoms in total. The number of carbonyl (C=O) groups excluding carboxylic acids is 2. The van der Waals surface area contributed by atoms with Gasteiger partial charge in [-0.25, -0.2) is 15.1 Å². The molecule has 92 valence electrons. The first-order valence-corrected chi connectivity index (χ1v) is 4.68. The van der Waals surface area contributed by atoms with Crippen molar-refractivity contribution in [1.29, 1.82) is 0 Å². The Hall–Kier alpha value is -2.28. The van der Waals surface area contributed by atoms with Gasteiger partial charge in [-0.1, -0.05) is 6.07 Å². The number of ether oxygens (including phenoxy) is 2. The third kappa shape index (κ3) is 4.39. The topological polar surface area (TPSA) is 96.9 Å². The van der Waals surface area contributed by atoms with E-state index in [1.54, 1.807) is 24.3 Å². The molecular weight excluding hydrogens is 228 g/mol. The fourth-order valence-electron chi connectivity index (χ4n) is 1.07. The maximum absolute atomic E-state index is 11.1. The van der Waals surface area contributed by atoms with Gasteiger partial charge in [0.25, 0.3) is 0 Å². The van der Waals surface area contributed by atoms with Crippen molar-refractivity contribution in [2.45, 2.75) is 0 Å². The Morgan fingerprint density at radius 3 is 2.82 bits per heavy atom. The van der Waals surface area contributed by atoms with Crippen molar-refractivity contribution < 1.29 is 24.3 Å². The fourth-order valence-corrected chi connectivity index (χ4v) is 1.07. The summed E-state index contributed by atoms with van der Waals surface area (Å²) in [5.41, 5.74) is 1.83. The number of rotatable bonds is 4. The van der Waals surface area contributed by atoms with Crippen LogP contribution >= 0.6 is 0 Å². The summed E-state index contributed by atoms with van der Waals surface area (Å²) in [5.74, 6) is -0.184. The summed E-state index contributed by atoms with van der Waals surface area (Å²) in [6.07, 6.45) is -1.22. The van der Waals surface area contributed by atoms with Gasteiger partial charge in [0.2, 0.25) is 0 Å². The molecule has 0 aromatic heterocycles. The molecule has 0 fully saturated rings. The maximum atomic E-state index is 11.1. The number of amides is 1. The van der Waals surface area contributed by atoms with Gasteiger partial charge in [0.05, 0.1) is 7.11 Å². The van der Waals surface area contributed by atoms with Crippen LogP contribution in [0, 0.1) is 0 Å². The number of carbonyl (C=O) groups is 2.